The van der Waals surface area contributed by atoms with Crippen LogP contribution in [0.3, 0.4) is 0 Å². The Kier molecular flexibility index (Phi) is 5.98. The number of carbonyl (C=O) groups excluding carboxylic acids is 2. The van der Waals surface area contributed by atoms with Gasteiger partial charge in [-0.15, -0.1) is 0 Å². The Morgan fingerprint density at radius 1 is 0.871 bits per heavy atom. The Balaban J connectivity index is 1.52. The molecule has 1 heterocycles. The summed E-state index contributed by atoms with van der Waals surface area (Å²) >= 11 is 0. The first-order valence-electron chi connectivity index (χ1n) is 9.77. The molecule has 156 valence electrons. The Hall–Kier alpha value is -4.06. The van der Waals surface area contributed by atoms with Gasteiger partial charge in [0.25, 0.3) is 0 Å². The van der Waals surface area contributed by atoms with Crippen molar-refractivity contribution in [2.75, 3.05) is 13.7 Å². The standard InChI is InChI=1S/C25H21NO5/c1-29-18-11-13-19(14-12-18)30-16-23(27)31-25(17-7-3-2-4-8-17)24(28)21-15-26-22-10-6-5-9-20(21)22/h2-15,25-26H,16H2,1H3/t25-/m0/s1. The normalized spacial score (nSPS) is 11.6. The van der Waals surface area contributed by atoms with Crippen LogP contribution >= 0.6 is 0 Å². The van der Waals surface area contributed by atoms with E-state index < -0.39 is 12.1 Å². The molecule has 3 aromatic carbocycles. The smallest absolute Gasteiger partial charge is 0.345 e. The Morgan fingerprint density at radius 3 is 2.29 bits per heavy atom. The Bertz CT molecular complexity index is 1180. The van der Waals surface area contributed by atoms with Gasteiger partial charge in [-0.25, -0.2) is 4.79 Å². The quantitative estimate of drug-likeness (QED) is 0.333. The summed E-state index contributed by atoms with van der Waals surface area (Å²) in [5, 5.41) is 0.777. The topological polar surface area (TPSA) is 77.6 Å². The summed E-state index contributed by atoms with van der Waals surface area (Å²) < 4.78 is 16.2. The first kappa shape index (κ1) is 20.2. The molecular weight excluding hydrogens is 394 g/mol. The van der Waals surface area contributed by atoms with Crippen LogP contribution in [-0.4, -0.2) is 30.5 Å². The van der Waals surface area contributed by atoms with Gasteiger partial charge in [0.2, 0.25) is 5.78 Å². The lowest BCUT2D eigenvalue weighted by molar-refractivity contribution is -0.149. The van der Waals surface area contributed by atoms with Crippen LogP contribution in [0.4, 0.5) is 0 Å². The maximum Gasteiger partial charge on any atom is 0.345 e. The van der Waals surface area contributed by atoms with Gasteiger partial charge in [0.15, 0.2) is 12.7 Å². The van der Waals surface area contributed by atoms with E-state index in [-0.39, 0.29) is 12.4 Å². The van der Waals surface area contributed by atoms with Crippen molar-refractivity contribution in [3.63, 3.8) is 0 Å². The minimum Gasteiger partial charge on any atom is -0.497 e. The molecule has 4 rings (SSSR count). The summed E-state index contributed by atoms with van der Waals surface area (Å²) in [6.45, 7) is -0.323. The number of hydrogen-bond acceptors (Lipinski definition) is 5. The molecule has 0 saturated carbocycles. The molecule has 1 N–H and O–H groups in total. The lowest BCUT2D eigenvalue weighted by Crippen LogP contribution is -2.23. The number of H-pyrrole nitrogens is 1. The average Bonchev–Trinajstić information content (AvgIpc) is 3.26. The molecule has 4 aromatic rings. The number of aromatic amines is 1. The number of esters is 1. The Labute approximate surface area is 179 Å². The SMILES string of the molecule is COc1ccc(OCC(=O)O[C@H](C(=O)c2c[nH]c3ccccc23)c2ccccc2)cc1. The number of para-hydroxylation sites is 1. The van der Waals surface area contributed by atoms with Crippen LogP contribution < -0.4 is 9.47 Å². The average molecular weight is 415 g/mol. The van der Waals surface area contributed by atoms with Crippen molar-refractivity contribution < 1.29 is 23.8 Å². The van der Waals surface area contributed by atoms with E-state index in [0.717, 1.165) is 10.9 Å². The minimum absolute atomic E-state index is 0.304. The fourth-order valence-corrected chi connectivity index (χ4v) is 3.30. The van der Waals surface area contributed by atoms with E-state index in [4.69, 9.17) is 14.2 Å². The van der Waals surface area contributed by atoms with E-state index in [2.05, 4.69) is 4.98 Å². The molecule has 0 aliphatic rings. The van der Waals surface area contributed by atoms with E-state index in [1.807, 2.05) is 30.3 Å². The van der Waals surface area contributed by atoms with Crippen molar-refractivity contribution >= 4 is 22.7 Å². The zero-order valence-corrected chi connectivity index (χ0v) is 16.9. The van der Waals surface area contributed by atoms with Crippen LogP contribution in [-0.2, 0) is 9.53 Å². The fraction of sp³-hybridized carbons (Fsp3) is 0.120. The number of Topliss-reactive ketones (excluding diaryl/α,β-unsaturated/α-hetero) is 1. The molecule has 0 radical (unpaired) electrons. The van der Waals surface area contributed by atoms with Gasteiger partial charge in [0, 0.05) is 28.2 Å². The van der Waals surface area contributed by atoms with E-state index in [1.54, 1.807) is 61.8 Å². The molecule has 1 aromatic heterocycles. The number of ketones is 1. The first-order valence-corrected chi connectivity index (χ1v) is 9.77. The van der Waals surface area contributed by atoms with Gasteiger partial charge in [-0.1, -0.05) is 48.5 Å². The second kappa shape index (κ2) is 9.17. The zero-order valence-electron chi connectivity index (χ0n) is 16.9. The molecular formula is C25H21NO5. The number of ether oxygens (including phenoxy) is 3. The van der Waals surface area contributed by atoms with Crippen LogP contribution in [0.2, 0.25) is 0 Å². The van der Waals surface area contributed by atoms with Gasteiger partial charge >= 0.3 is 5.97 Å². The third-order valence-electron chi connectivity index (χ3n) is 4.86. The summed E-state index contributed by atoms with van der Waals surface area (Å²) in [5.41, 5.74) is 1.90. The largest absolute Gasteiger partial charge is 0.497 e. The summed E-state index contributed by atoms with van der Waals surface area (Å²) in [4.78, 5) is 29.0. The summed E-state index contributed by atoms with van der Waals surface area (Å²) in [7, 11) is 1.57. The maximum atomic E-state index is 13.3. The number of fused-ring (bicyclic) bond motifs is 1. The first-order chi connectivity index (χ1) is 15.2. The Morgan fingerprint density at radius 2 is 1.55 bits per heavy atom. The maximum absolute atomic E-state index is 13.3. The molecule has 0 aliphatic heterocycles. The molecule has 0 unspecified atom stereocenters. The van der Waals surface area contributed by atoms with Gasteiger partial charge in [-0.3, -0.25) is 4.79 Å². The van der Waals surface area contributed by atoms with Gasteiger partial charge < -0.3 is 19.2 Å². The highest BCUT2D eigenvalue weighted by molar-refractivity contribution is 6.10. The predicted molar refractivity (Wildman–Crippen MR) is 116 cm³/mol. The van der Waals surface area contributed by atoms with Crippen LogP contribution in [0.1, 0.15) is 22.0 Å². The van der Waals surface area contributed by atoms with Crippen molar-refractivity contribution in [1.29, 1.82) is 0 Å². The van der Waals surface area contributed by atoms with Gasteiger partial charge in [-0.2, -0.15) is 0 Å². The third-order valence-corrected chi connectivity index (χ3v) is 4.86. The van der Waals surface area contributed by atoms with Gasteiger partial charge in [0.05, 0.1) is 7.11 Å². The van der Waals surface area contributed by atoms with Crippen molar-refractivity contribution in [1.82, 2.24) is 4.98 Å². The van der Waals surface area contributed by atoms with Crippen molar-refractivity contribution in [2.45, 2.75) is 6.10 Å². The monoisotopic (exact) mass is 415 g/mol. The van der Waals surface area contributed by atoms with E-state index in [1.165, 1.54) is 0 Å². The number of benzene rings is 3. The van der Waals surface area contributed by atoms with Crippen LogP contribution in [0.25, 0.3) is 10.9 Å². The zero-order chi connectivity index (χ0) is 21.6. The second-order valence-corrected chi connectivity index (χ2v) is 6.86. The summed E-state index contributed by atoms with van der Waals surface area (Å²) in [6, 6.07) is 23.3. The lowest BCUT2D eigenvalue weighted by atomic mass is 9.99. The highest BCUT2D eigenvalue weighted by Gasteiger charge is 2.28. The number of hydrogen-bond donors (Lipinski definition) is 1. The van der Waals surface area contributed by atoms with Crippen LogP contribution in [0.15, 0.2) is 85.1 Å². The van der Waals surface area contributed by atoms with Crippen molar-refractivity contribution in [3.05, 3.63) is 96.2 Å². The lowest BCUT2D eigenvalue weighted by Gasteiger charge is -2.17. The molecule has 1 atom stereocenters. The number of aromatic nitrogens is 1. The molecule has 31 heavy (non-hydrogen) atoms. The summed E-state index contributed by atoms with van der Waals surface area (Å²) in [6.07, 6.45) is 0.567. The highest BCUT2D eigenvalue weighted by Crippen LogP contribution is 2.27. The number of rotatable bonds is 8. The third kappa shape index (κ3) is 4.59. The van der Waals surface area contributed by atoms with Crippen LogP contribution in [0, 0.1) is 0 Å². The van der Waals surface area contributed by atoms with Crippen LogP contribution in [0.5, 0.6) is 11.5 Å². The summed E-state index contributed by atoms with van der Waals surface area (Å²) in [5.74, 6) is 0.236. The van der Waals surface area contributed by atoms with E-state index in [0.29, 0.717) is 22.6 Å². The van der Waals surface area contributed by atoms with E-state index >= 15 is 0 Å². The minimum atomic E-state index is -1.08. The second-order valence-electron chi connectivity index (χ2n) is 6.86. The number of methoxy groups -OCH3 is 1. The number of nitrogens with one attached hydrogen (secondary N) is 1. The molecule has 0 spiro atoms. The number of carbonyl (C=O) groups is 2. The van der Waals surface area contributed by atoms with Crippen molar-refractivity contribution in [2.24, 2.45) is 0 Å². The van der Waals surface area contributed by atoms with E-state index in [9.17, 15) is 9.59 Å². The molecule has 0 amide bonds. The van der Waals surface area contributed by atoms with Gasteiger partial charge in [-0.05, 0) is 30.3 Å². The molecule has 0 aliphatic carbocycles. The fourth-order valence-electron chi connectivity index (χ4n) is 3.30. The molecule has 6 nitrogen and oxygen atoms in total. The van der Waals surface area contributed by atoms with Gasteiger partial charge in [0.1, 0.15) is 11.5 Å². The molecule has 0 fully saturated rings. The molecule has 0 saturated heterocycles. The molecule has 0 bridgehead atoms. The van der Waals surface area contributed by atoms with Crippen molar-refractivity contribution in [3.8, 4) is 11.5 Å². The predicted octanol–water partition coefficient (Wildman–Crippen LogP) is 4.72. The molecule has 6 heteroatoms. The highest BCUT2D eigenvalue weighted by atomic mass is 16.6.